The molecule has 0 radical (unpaired) electrons. The van der Waals surface area contributed by atoms with Crippen molar-refractivity contribution in [1.82, 2.24) is 4.90 Å². The molecule has 1 amide bonds. The highest BCUT2D eigenvalue weighted by Crippen LogP contribution is 2.81. The van der Waals surface area contributed by atoms with Crippen molar-refractivity contribution in [2.24, 2.45) is 34.5 Å². The largest absolute Gasteiger partial charge is 0.481 e. The average molecular weight is 701 g/mol. The molecule has 6 fully saturated rings. The number of nitrogens with zero attached hydrogens (tertiary/aromatic N) is 1. The lowest BCUT2D eigenvalue weighted by atomic mass is 9.42. The van der Waals surface area contributed by atoms with Crippen LogP contribution in [0.3, 0.4) is 0 Å². The Kier molecular flexibility index (Phi) is 9.14. The minimum Gasteiger partial charge on any atom is -0.481 e. The number of hydrogen-bond donors (Lipinski definition) is 3. The number of ether oxygens (including phenoxy) is 6. The number of esters is 1. The van der Waals surface area contributed by atoms with Gasteiger partial charge in [-0.05, 0) is 43.9 Å². The number of carboxylic acids is 1. The highest BCUT2D eigenvalue weighted by molar-refractivity contribution is 6.01. The summed E-state index contributed by atoms with van der Waals surface area (Å²) < 4.78 is 38.4. The van der Waals surface area contributed by atoms with Crippen molar-refractivity contribution >= 4 is 23.5 Å². The average Bonchev–Trinajstić information content (AvgIpc) is 3.52. The summed E-state index contributed by atoms with van der Waals surface area (Å²) in [6.07, 6.45) is 0.980. The fourth-order valence-corrected chi connectivity index (χ4v) is 12.8. The van der Waals surface area contributed by atoms with Gasteiger partial charge in [-0.15, -0.1) is 0 Å². The molecule has 0 aromatic heterocycles. The molecule has 13 nitrogen and oxygen atoms in total. The molecular weight excluding hydrogens is 648 g/mol. The zero-order valence-electron chi connectivity index (χ0n) is 29.9. The molecular formula is C37H52N2O11. The summed E-state index contributed by atoms with van der Waals surface area (Å²) >= 11 is 0. The lowest BCUT2D eigenvalue weighted by Gasteiger charge is -2.70. The summed E-state index contributed by atoms with van der Waals surface area (Å²) in [4.78, 5) is 39.8. The van der Waals surface area contributed by atoms with E-state index < -0.39 is 46.0 Å². The van der Waals surface area contributed by atoms with Crippen molar-refractivity contribution < 1.29 is 53.0 Å². The zero-order chi connectivity index (χ0) is 35.8. The molecule has 5 aliphatic carbocycles. The van der Waals surface area contributed by atoms with Gasteiger partial charge in [-0.2, -0.15) is 0 Å². The van der Waals surface area contributed by atoms with Crippen LogP contribution >= 0.6 is 0 Å². The quantitative estimate of drug-likeness (QED) is 0.259. The first-order chi connectivity index (χ1) is 24.0. The Morgan fingerprint density at radius 2 is 1.78 bits per heavy atom. The predicted molar refractivity (Wildman–Crippen MR) is 178 cm³/mol. The third-order valence-electron chi connectivity index (χ3n) is 14.1. The van der Waals surface area contributed by atoms with Crippen molar-refractivity contribution in [2.45, 2.75) is 87.1 Å². The van der Waals surface area contributed by atoms with Crippen LogP contribution in [-0.2, 0) is 38.0 Å². The number of likely N-dealkylation sites (N-methyl/N-ethyl adjacent to an activating group) is 1. The summed E-state index contributed by atoms with van der Waals surface area (Å²) in [7, 11) is 8.61. The van der Waals surface area contributed by atoms with Crippen LogP contribution in [0.2, 0.25) is 0 Å². The second-order valence-corrected chi connectivity index (χ2v) is 15.4. The van der Waals surface area contributed by atoms with Crippen LogP contribution in [0.25, 0.3) is 0 Å². The first kappa shape index (κ1) is 35.7. The minimum atomic E-state index is -1.47. The lowest BCUT2D eigenvalue weighted by Crippen LogP contribution is -2.82. The van der Waals surface area contributed by atoms with Gasteiger partial charge in [0.05, 0.1) is 54.7 Å². The topological polar surface area (TPSA) is 162 Å². The Hall–Kier alpha value is -2.65. The number of likely N-dealkylation sites (tertiary alicyclic amines) is 1. The number of aliphatic carboxylic acids is 1. The number of piperidine rings is 1. The number of carboxylic acid groups (broad SMARTS) is 1. The molecule has 1 aliphatic heterocycles. The maximum absolute atomic E-state index is 13.9. The van der Waals surface area contributed by atoms with E-state index in [1.54, 1.807) is 59.8 Å². The van der Waals surface area contributed by atoms with E-state index in [0.29, 0.717) is 25.9 Å². The monoisotopic (exact) mass is 700 g/mol. The lowest BCUT2D eigenvalue weighted by molar-refractivity contribution is -0.326. The predicted octanol–water partition coefficient (Wildman–Crippen LogP) is 2.59. The first-order valence-corrected chi connectivity index (χ1v) is 17.9. The fraction of sp³-hybridized carbons (Fsp3) is 0.757. The minimum absolute atomic E-state index is 0.0457. The van der Waals surface area contributed by atoms with Gasteiger partial charge in [0, 0.05) is 83.5 Å². The van der Waals surface area contributed by atoms with Crippen LogP contribution in [0, 0.1) is 34.5 Å². The summed E-state index contributed by atoms with van der Waals surface area (Å²) in [5.74, 6) is -2.39. The molecule has 1 heterocycles. The molecule has 7 rings (SSSR count). The molecule has 3 N–H and O–H groups in total. The normalized spacial score (nSPS) is 43.8. The van der Waals surface area contributed by atoms with Crippen molar-refractivity contribution in [1.29, 1.82) is 0 Å². The van der Waals surface area contributed by atoms with Gasteiger partial charge in [-0.1, -0.05) is 19.1 Å². The molecule has 50 heavy (non-hydrogen) atoms. The molecule has 13 atom stereocenters. The van der Waals surface area contributed by atoms with Gasteiger partial charge in [0.1, 0.15) is 11.2 Å². The number of fused-ring (bicyclic) bond motifs is 2. The summed E-state index contributed by atoms with van der Waals surface area (Å²) in [5.41, 5.74) is -3.23. The van der Waals surface area contributed by atoms with E-state index in [9.17, 15) is 19.5 Å². The molecule has 6 aliphatic rings. The van der Waals surface area contributed by atoms with Crippen molar-refractivity contribution in [3.05, 3.63) is 29.8 Å². The highest BCUT2D eigenvalue weighted by Gasteiger charge is 2.92. The molecule has 1 aromatic rings. The van der Waals surface area contributed by atoms with Gasteiger partial charge in [0.15, 0.2) is 0 Å². The van der Waals surface area contributed by atoms with E-state index in [4.69, 9.17) is 33.5 Å². The van der Waals surface area contributed by atoms with E-state index >= 15 is 0 Å². The summed E-state index contributed by atoms with van der Waals surface area (Å²) in [6, 6.07) is 6.23. The number of nitrogens with one attached hydrogen (secondary N) is 1. The van der Waals surface area contributed by atoms with Crippen LogP contribution in [0.5, 0.6) is 0 Å². The maximum atomic E-state index is 13.9. The Labute approximate surface area is 293 Å². The SMILES string of the molecule is CCN1CC2(COC(=O)c3ccccc3NC(=O)CCC(=O)O)CCC(OC)C34C5CC6C(OC)CC(OC)(C5C6OC)C(O)(C(OC)C23)C14. The number of rotatable bonds is 13. The second kappa shape index (κ2) is 12.8. The van der Waals surface area contributed by atoms with E-state index in [1.165, 1.54) is 0 Å². The number of amides is 1. The summed E-state index contributed by atoms with van der Waals surface area (Å²) in [6.45, 7) is 3.42. The van der Waals surface area contributed by atoms with E-state index in [0.717, 1.165) is 12.8 Å². The van der Waals surface area contributed by atoms with Gasteiger partial charge < -0.3 is 44.0 Å². The number of carbonyl (C=O) groups excluding carboxylic acids is 2. The highest BCUT2D eigenvalue weighted by atomic mass is 16.6. The number of anilines is 1. The number of hydrogen-bond acceptors (Lipinski definition) is 11. The van der Waals surface area contributed by atoms with Crippen molar-refractivity contribution in [3.8, 4) is 0 Å². The zero-order valence-corrected chi connectivity index (χ0v) is 29.9. The van der Waals surface area contributed by atoms with Crippen LogP contribution in [0.1, 0.15) is 55.8 Å². The standard InChI is InChI=1S/C37H52N2O11/c1-7-39-18-34(19-50-32(43)20-10-8-9-11-23(20)38-26(40)12-13-27(41)42)15-14-25(46-3)36-22-16-21-24(45-2)17-35(49-6,28(22)29(21)47-4)37(44,33(36)39)31(48-5)30(34)36/h8-11,21-22,24-25,28-31,33,44H,7,12-19H2,1-6H3,(H,38,40)(H,41,42). The maximum Gasteiger partial charge on any atom is 0.340 e. The molecule has 5 saturated carbocycles. The van der Waals surface area contributed by atoms with E-state index in [-0.39, 0.29) is 78.7 Å². The van der Waals surface area contributed by atoms with E-state index in [2.05, 4.69) is 17.1 Å². The fourth-order valence-electron chi connectivity index (χ4n) is 12.8. The molecule has 13 heteroatoms. The number of aliphatic hydroxyl groups is 1. The second-order valence-electron chi connectivity index (χ2n) is 15.4. The Balaban J connectivity index is 1.31. The van der Waals surface area contributed by atoms with Crippen LogP contribution in [0.4, 0.5) is 5.69 Å². The van der Waals surface area contributed by atoms with Crippen molar-refractivity contribution in [3.63, 3.8) is 0 Å². The molecule has 13 unspecified atom stereocenters. The number of benzene rings is 1. The molecule has 1 spiro atoms. The van der Waals surface area contributed by atoms with Gasteiger partial charge in [0.2, 0.25) is 5.91 Å². The third kappa shape index (κ3) is 4.46. The Morgan fingerprint density at radius 3 is 2.42 bits per heavy atom. The van der Waals surface area contributed by atoms with Crippen LogP contribution < -0.4 is 5.32 Å². The Morgan fingerprint density at radius 1 is 1.02 bits per heavy atom. The number of para-hydroxylation sites is 1. The van der Waals surface area contributed by atoms with Gasteiger partial charge in [-0.25, -0.2) is 4.79 Å². The van der Waals surface area contributed by atoms with Gasteiger partial charge >= 0.3 is 11.9 Å². The number of methoxy groups -OCH3 is 5. The van der Waals surface area contributed by atoms with Crippen LogP contribution in [-0.4, -0.2) is 130 Å². The number of carbonyl (C=O) groups is 3. The molecule has 7 bridgehead atoms. The molecule has 276 valence electrons. The smallest absolute Gasteiger partial charge is 0.340 e. The Bertz CT molecular complexity index is 1510. The summed E-state index contributed by atoms with van der Waals surface area (Å²) in [5, 5.41) is 25.4. The van der Waals surface area contributed by atoms with Crippen LogP contribution in [0.15, 0.2) is 24.3 Å². The van der Waals surface area contributed by atoms with Gasteiger partial charge in [0.25, 0.3) is 0 Å². The third-order valence-corrected chi connectivity index (χ3v) is 14.1. The van der Waals surface area contributed by atoms with Crippen molar-refractivity contribution in [2.75, 3.05) is 60.6 Å². The molecule has 1 aromatic carbocycles. The first-order valence-electron chi connectivity index (χ1n) is 17.9. The van der Waals surface area contributed by atoms with Gasteiger partial charge in [-0.3, -0.25) is 14.5 Å². The van der Waals surface area contributed by atoms with E-state index in [1.807, 2.05) is 0 Å². The molecule has 1 saturated heterocycles.